The van der Waals surface area contributed by atoms with Gasteiger partial charge in [-0.3, -0.25) is 9.59 Å². The number of aromatic nitrogens is 1. The average molecular weight is 420 g/mol. The molecule has 0 fully saturated rings. The van der Waals surface area contributed by atoms with Crippen LogP contribution in [0.2, 0.25) is 0 Å². The molecule has 1 aliphatic heterocycles. The Labute approximate surface area is 182 Å². The molecule has 0 spiro atoms. The Balaban J connectivity index is 1.86. The number of methoxy groups -OCH3 is 1. The number of para-hydroxylation sites is 1. The first-order chi connectivity index (χ1) is 15.2. The largest absolute Gasteiger partial charge is 0.383 e. The highest BCUT2D eigenvalue weighted by molar-refractivity contribution is 6.02. The number of ether oxygens (including phenoxy) is 1. The number of H-pyrrole nitrogens is 1. The number of aromatic amines is 1. The zero-order chi connectivity index (χ0) is 21.8. The van der Waals surface area contributed by atoms with Gasteiger partial charge in [-0.15, -0.1) is 0 Å². The molecule has 0 unspecified atom stereocenters. The summed E-state index contributed by atoms with van der Waals surface area (Å²) in [6, 6.07) is 15.0. The van der Waals surface area contributed by atoms with Crippen molar-refractivity contribution < 1.29 is 14.3 Å². The van der Waals surface area contributed by atoms with Crippen LogP contribution in [0.25, 0.3) is 10.9 Å². The van der Waals surface area contributed by atoms with E-state index in [9.17, 15) is 9.59 Å². The number of nitrogens with zero attached hydrogens (tertiary/aromatic N) is 1. The molecule has 1 aromatic heterocycles. The third-order valence-electron chi connectivity index (χ3n) is 6.03. The predicted octanol–water partition coefficient (Wildman–Crippen LogP) is 4.01. The summed E-state index contributed by atoms with van der Waals surface area (Å²) in [4.78, 5) is 32.1. The average Bonchev–Trinajstić information content (AvgIpc) is 3.22. The molecule has 3 aromatic rings. The second-order valence-corrected chi connectivity index (χ2v) is 7.94. The van der Waals surface area contributed by atoms with Crippen LogP contribution in [0.4, 0.5) is 0 Å². The lowest BCUT2D eigenvalue weighted by Crippen LogP contribution is -2.48. The Bertz CT molecular complexity index is 1070. The molecule has 6 heteroatoms. The molecule has 0 radical (unpaired) electrons. The number of nitrogens with one attached hydrogen (secondary N) is 2. The standard InChI is InChI=1S/C25H29N3O3/c1-3-4-13-26-24(29)22-18-10-5-6-11-19(18)25(30)28(14-15-31-2)23(22)20-16-27-21-12-8-7-9-17(20)21/h5-12,16,22-23,27H,3-4,13-15H2,1-2H3,(H,26,29)/t22-,23-/m0/s1. The van der Waals surface area contributed by atoms with Crippen molar-refractivity contribution in [2.45, 2.75) is 31.7 Å². The number of carbonyl (C=O) groups excluding carboxylic acids is 2. The fraction of sp³-hybridized carbons (Fsp3) is 0.360. The molecule has 1 aliphatic rings. The van der Waals surface area contributed by atoms with E-state index in [0.29, 0.717) is 25.3 Å². The van der Waals surface area contributed by atoms with E-state index < -0.39 is 12.0 Å². The smallest absolute Gasteiger partial charge is 0.254 e. The lowest BCUT2D eigenvalue weighted by molar-refractivity contribution is -0.124. The van der Waals surface area contributed by atoms with Gasteiger partial charge in [0.2, 0.25) is 5.91 Å². The molecule has 0 bridgehead atoms. The van der Waals surface area contributed by atoms with Crippen LogP contribution in [-0.2, 0) is 9.53 Å². The normalized spacial score (nSPS) is 18.3. The van der Waals surface area contributed by atoms with Gasteiger partial charge in [0.15, 0.2) is 0 Å². The number of carbonyl (C=O) groups is 2. The fourth-order valence-electron chi connectivity index (χ4n) is 4.49. The summed E-state index contributed by atoms with van der Waals surface area (Å²) in [5.41, 5.74) is 3.31. The molecule has 2 aromatic carbocycles. The van der Waals surface area contributed by atoms with Gasteiger partial charge >= 0.3 is 0 Å². The van der Waals surface area contributed by atoms with Crippen molar-refractivity contribution >= 4 is 22.7 Å². The van der Waals surface area contributed by atoms with Crippen LogP contribution in [0.15, 0.2) is 54.7 Å². The van der Waals surface area contributed by atoms with Gasteiger partial charge in [0.05, 0.1) is 18.6 Å². The van der Waals surface area contributed by atoms with Gasteiger partial charge in [-0.05, 0) is 24.1 Å². The molecule has 31 heavy (non-hydrogen) atoms. The Morgan fingerprint density at radius 1 is 1.13 bits per heavy atom. The summed E-state index contributed by atoms with van der Waals surface area (Å²) in [7, 11) is 1.62. The van der Waals surface area contributed by atoms with Crippen LogP contribution >= 0.6 is 0 Å². The number of hydrogen-bond donors (Lipinski definition) is 2. The molecule has 2 atom stereocenters. The maximum atomic E-state index is 13.5. The summed E-state index contributed by atoms with van der Waals surface area (Å²) in [5, 5.41) is 4.13. The molecular weight excluding hydrogens is 390 g/mol. The fourth-order valence-corrected chi connectivity index (χ4v) is 4.49. The maximum Gasteiger partial charge on any atom is 0.254 e. The highest BCUT2D eigenvalue weighted by Gasteiger charge is 2.44. The highest BCUT2D eigenvalue weighted by Crippen LogP contribution is 2.44. The summed E-state index contributed by atoms with van der Waals surface area (Å²) in [6.07, 6.45) is 3.86. The number of fused-ring (bicyclic) bond motifs is 2. The number of benzene rings is 2. The topological polar surface area (TPSA) is 74.4 Å². The minimum Gasteiger partial charge on any atom is -0.383 e. The molecular formula is C25H29N3O3. The Morgan fingerprint density at radius 2 is 1.90 bits per heavy atom. The quantitative estimate of drug-likeness (QED) is 0.542. The van der Waals surface area contributed by atoms with Crippen molar-refractivity contribution in [1.82, 2.24) is 15.2 Å². The van der Waals surface area contributed by atoms with E-state index in [0.717, 1.165) is 34.9 Å². The van der Waals surface area contributed by atoms with Crippen LogP contribution in [-0.4, -0.2) is 48.5 Å². The monoisotopic (exact) mass is 419 g/mol. The molecule has 2 heterocycles. The SMILES string of the molecule is CCCCNC(=O)[C@H]1c2ccccc2C(=O)N(CCOC)[C@H]1c1c[nH]c2ccccc12. The van der Waals surface area contributed by atoms with E-state index in [1.165, 1.54) is 0 Å². The van der Waals surface area contributed by atoms with E-state index in [1.807, 2.05) is 54.7 Å². The zero-order valence-electron chi connectivity index (χ0n) is 18.1. The molecule has 0 saturated heterocycles. The van der Waals surface area contributed by atoms with Gasteiger partial charge < -0.3 is 19.9 Å². The van der Waals surface area contributed by atoms with Crippen LogP contribution in [0.3, 0.4) is 0 Å². The molecule has 4 rings (SSSR count). The zero-order valence-corrected chi connectivity index (χ0v) is 18.1. The molecule has 6 nitrogen and oxygen atoms in total. The Hall–Kier alpha value is -3.12. The molecule has 2 amide bonds. The van der Waals surface area contributed by atoms with Gasteiger partial charge in [0.1, 0.15) is 0 Å². The third-order valence-corrected chi connectivity index (χ3v) is 6.03. The minimum atomic E-state index is -0.498. The first kappa shape index (κ1) is 21.1. The molecule has 2 N–H and O–H groups in total. The van der Waals surface area contributed by atoms with Crippen molar-refractivity contribution in [1.29, 1.82) is 0 Å². The van der Waals surface area contributed by atoms with Crippen molar-refractivity contribution in [3.63, 3.8) is 0 Å². The van der Waals surface area contributed by atoms with Crippen molar-refractivity contribution in [2.24, 2.45) is 0 Å². The van der Waals surface area contributed by atoms with Gasteiger partial charge in [0, 0.05) is 48.4 Å². The lowest BCUT2D eigenvalue weighted by atomic mass is 9.79. The van der Waals surface area contributed by atoms with E-state index >= 15 is 0 Å². The van der Waals surface area contributed by atoms with E-state index in [4.69, 9.17) is 4.74 Å². The first-order valence-electron chi connectivity index (χ1n) is 10.9. The predicted molar refractivity (Wildman–Crippen MR) is 121 cm³/mol. The van der Waals surface area contributed by atoms with Crippen LogP contribution in [0, 0.1) is 0 Å². The lowest BCUT2D eigenvalue weighted by Gasteiger charge is -2.41. The van der Waals surface area contributed by atoms with Crippen LogP contribution in [0.5, 0.6) is 0 Å². The van der Waals surface area contributed by atoms with Gasteiger partial charge in [-0.2, -0.15) is 0 Å². The summed E-state index contributed by atoms with van der Waals surface area (Å²) >= 11 is 0. The van der Waals surface area contributed by atoms with E-state index in [1.54, 1.807) is 12.0 Å². The minimum absolute atomic E-state index is 0.0499. The summed E-state index contributed by atoms with van der Waals surface area (Å²) in [6.45, 7) is 3.53. The summed E-state index contributed by atoms with van der Waals surface area (Å²) < 4.78 is 5.31. The van der Waals surface area contributed by atoms with Gasteiger partial charge in [-0.1, -0.05) is 49.7 Å². The summed E-state index contributed by atoms with van der Waals surface area (Å²) in [5.74, 6) is -0.617. The van der Waals surface area contributed by atoms with Gasteiger partial charge in [0.25, 0.3) is 5.91 Å². The van der Waals surface area contributed by atoms with Crippen LogP contribution < -0.4 is 5.32 Å². The van der Waals surface area contributed by atoms with Gasteiger partial charge in [-0.25, -0.2) is 0 Å². The maximum absolute atomic E-state index is 13.5. The van der Waals surface area contributed by atoms with Crippen LogP contribution in [0.1, 0.15) is 53.2 Å². The van der Waals surface area contributed by atoms with Crippen molar-refractivity contribution in [2.75, 3.05) is 26.8 Å². The second kappa shape index (κ2) is 9.35. The Morgan fingerprint density at radius 3 is 2.71 bits per heavy atom. The highest BCUT2D eigenvalue weighted by atomic mass is 16.5. The molecule has 162 valence electrons. The first-order valence-corrected chi connectivity index (χ1v) is 10.9. The number of rotatable bonds is 8. The van der Waals surface area contributed by atoms with Crippen molar-refractivity contribution in [3.8, 4) is 0 Å². The molecule has 0 saturated carbocycles. The van der Waals surface area contributed by atoms with E-state index in [-0.39, 0.29) is 11.8 Å². The molecule has 0 aliphatic carbocycles. The second-order valence-electron chi connectivity index (χ2n) is 7.94. The Kier molecular flexibility index (Phi) is 6.37. The van der Waals surface area contributed by atoms with Crippen molar-refractivity contribution in [3.05, 3.63) is 71.4 Å². The number of amides is 2. The third kappa shape index (κ3) is 3.95. The number of unbranched alkanes of at least 4 members (excludes halogenated alkanes) is 1. The number of hydrogen-bond acceptors (Lipinski definition) is 3. The van der Waals surface area contributed by atoms with E-state index in [2.05, 4.69) is 17.2 Å².